The van der Waals surface area contributed by atoms with Gasteiger partial charge in [-0.1, -0.05) is 6.92 Å². The number of guanidine groups is 1. The van der Waals surface area contributed by atoms with E-state index in [0.29, 0.717) is 12.5 Å². The molecule has 0 atom stereocenters. The van der Waals surface area contributed by atoms with Crippen LogP contribution in [-0.4, -0.2) is 27.3 Å². The molecule has 2 heterocycles. The quantitative estimate of drug-likeness (QED) is 0.475. The second-order valence-corrected chi connectivity index (χ2v) is 4.27. The molecular weight excluding hydrogens is 343 g/mol. The van der Waals surface area contributed by atoms with E-state index in [4.69, 9.17) is 5.73 Å². The van der Waals surface area contributed by atoms with Gasteiger partial charge in [-0.25, -0.2) is 4.99 Å². The van der Waals surface area contributed by atoms with Crippen LogP contribution in [0.15, 0.2) is 4.99 Å². The molecule has 0 aliphatic carbocycles. The van der Waals surface area contributed by atoms with Crippen molar-refractivity contribution in [3.63, 3.8) is 0 Å². The number of halogens is 1. The van der Waals surface area contributed by atoms with Crippen LogP contribution in [-0.2, 0) is 19.5 Å². The molecule has 0 aromatic carbocycles. The SMILES string of the molecule is CCCNC(N)=NCc1nnc2n1CCCC2.I. The van der Waals surface area contributed by atoms with Crippen molar-refractivity contribution in [1.82, 2.24) is 20.1 Å². The molecule has 1 aromatic heterocycles. The van der Waals surface area contributed by atoms with E-state index >= 15 is 0 Å². The van der Waals surface area contributed by atoms with Gasteiger partial charge < -0.3 is 15.6 Å². The number of nitrogens with one attached hydrogen (secondary N) is 1. The second kappa shape index (κ2) is 7.55. The Morgan fingerprint density at radius 2 is 2.28 bits per heavy atom. The van der Waals surface area contributed by atoms with Crippen molar-refractivity contribution in [2.24, 2.45) is 10.7 Å². The molecule has 0 amide bonds. The largest absolute Gasteiger partial charge is 0.370 e. The second-order valence-electron chi connectivity index (χ2n) is 4.27. The smallest absolute Gasteiger partial charge is 0.189 e. The maximum Gasteiger partial charge on any atom is 0.189 e. The molecule has 18 heavy (non-hydrogen) atoms. The summed E-state index contributed by atoms with van der Waals surface area (Å²) in [5, 5.41) is 11.4. The highest BCUT2D eigenvalue weighted by Crippen LogP contribution is 2.14. The van der Waals surface area contributed by atoms with Crippen LogP contribution in [0.5, 0.6) is 0 Å². The molecule has 0 unspecified atom stereocenters. The topological polar surface area (TPSA) is 81.1 Å². The zero-order chi connectivity index (χ0) is 12.1. The Balaban J connectivity index is 0.00000162. The summed E-state index contributed by atoms with van der Waals surface area (Å²) in [6, 6.07) is 0. The van der Waals surface area contributed by atoms with Gasteiger partial charge in [-0.3, -0.25) is 0 Å². The van der Waals surface area contributed by atoms with E-state index in [2.05, 4.69) is 32.0 Å². The average Bonchev–Trinajstić information content (AvgIpc) is 2.77. The van der Waals surface area contributed by atoms with Crippen LogP contribution in [0.4, 0.5) is 0 Å². The Hall–Kier alpha value is -0.860. The average molecular weight is 364 g/mol. The first-order chi connectivity index (χ1) is 8.31. The lowest BCUT2D eigenvalue weighted by atomic mass is 10.2. The first-order valence-corrected chi connectivity index (χ1v) is 6.26. The Bertz CT molecular complexity index is 400. The van der Waals surface area contributed by atoms with Gasteiger partial charge >= 0.3 is 0 Å². The van der Waals surface area contributed by atoms with Crippen LogP contribution < -0.4 is 11.1 Å². The van der Waals surface area contributed by atoms with Crippen LogP contribution in [0.3, 0.4) is 0 Å². The molecule has 1 aliphatic rings. The number of aromatic nitrogens is 3. The minimum Gasteiger partial charge on any atom is -0.370 e. The minimum atomic E-state index is 0. The third-order valence-electron chi connectivity index (χ3n) is 2.88. The molecule has 7 heteroatoms. The van der Waals surface area contributed by atoms with Gasteiger partial charge in [-0.05, 0) is 19.3 Å². The van der Waals surface area contributed by atoms with Gasteiger partial charge in [0.1, 0.15) is 12.4 Å². The molecule has 1 aliphatic heterocycles. The van der Waals surface area contributed by atoms with Crippen molar-refractivity contribution < 1.29 is 0 Å². The summed E-state index contributed by atoms with van der Waals surface area (Å²) in [5.41, 5.74) is 5.73. The molecular formula is C11H21IN6. The predicted molar refractivity (Wildman–Crippen MR) is 82.0 cm³/mol. The zero-order valence-corrected chi connectivity index (χ0v) is 13.1. The molecule has 0 saturated heterocycles. The lowest BCUT2D eigenvalue weighted by molar-refractivity contribution is 0.508. The molecule has 6 nitrogen and oxygen atoms in total. The molecule has 0 radical (unpaired) electrons. The lowest BCUT2D eigenvalue weighted by Gasteiger charge is -2.13. The molecule has 1 aromatic rings. The predicted octanol–water partition coefficient (Wildman–Crippen LogP) is 1.05. The van der Waals surface area contributed by atoms with Gasteiger partial charge in [0.05, 0.1) is 0 Å². The number of hydrogen-bond acceptors (Lipinski definition) is 3. The maximum absolute atomic E-state index is 5.73. The molecule has 0 saturated carbocycles. The fourth-order valence-corrected chi connectivity index (χ4v) is 1.95. The van der Waals surface area contributed by atoms with Crippen molar-refractivity contribution in [1.29, 1.82) is 0 Å². The van der Waals surface area contributed by atoms with Crippen LogP contribution in [0.2, 0.25) is 0 Å². The van der Waals surface area contributed by atoms with Gasteiger partial charge in [-0.2, -0.15) is 0 Å². The summed E-state index contributed by atoms with van der Waals surface area (Å²) in [4.78, 5) is 4.27. The third-order valence-corrected chi connectivity index (χ3v) is 2.88. The number of nitrogens with two attached hydrogens (primary N) is 1. The van der Waals surface area contributed by atoms with Crippen molar-refractivity contribution in [3.8, 4) is 0 Å². The molecule has 0 bridgehead atoms. The number of nitrogens with zero attached hydrogens (tertiary/aromatic N) is 4. The summed E-state index contributed by atoms with van der Waals surface area (Å²) in [6.45, 7) is 4.47. The molecule has 2 rings (SSSR count). The fraction of sp³-hybridized carbons (Fsp3) is 0.727. The minimum absolute atomic E-state index is 0. The number of rotatable bonds is 4. The van der Waals surface area contributed by atoms with Crippen molar-refractivity contribution in [3.05, 3.63) is 11.6 Å². The van der Waals surface area contributed by atoms with Crippen molar-refractivity contribution in [2.75, 3.05) is 6.54 Å². The Labute approximate surface area is 124 Å². The van der Waals surface area contributed by atoms with Crippen LogP contribution in [0.25, 0.3) is 0 Å². The van der Waals surface area contributed by atoms with Gasteiger partial charge in [0.15, 0.2) is 11.8 Å². The van der Waals surface area contributed by atoms with E-state index in [-0.39, 0.29) is 24.0 Å². The normalized spacial score (nSPS) is 14.8. The van der Waals surface area contributed by atoms with E-state index < -0.39 is 0 Å². The summed E-state index contributed by atoms with van der Waals surface area (Å²) < 4.78 is 2.17. The van der Waals surface area contributed by atoms with Crippen LogP contribution in [0.1, 0.15) is 37.8 Å². The van der Waals surface area contributed by atoms with Crippen molar-refractivity contribution in [2.45, 2.75) is 45.7 Å². The summed E-state index contributed by atoms with van der Waals surface area (Å²) in [5.74, 6) is 2.49. The van der Waals surface area contributed by atoms with Gasteiger partial charge in [0.2, 0.25) is 0 Å². The first kappa shape index (κ1) is 15.2. The number of aliphatic imine (C=N–C) groups is 1. The number of aryl methyl sites for hydroxylation is 1. The standard InChI is InChI=1S/C11H20N6.HI/c1-2-6-13-11(12)14-8-10-16-15-9-5-3-4-7-17(9)10;/h2-8H2,1H3,(H3,12,13,14);1H. The van der Waals surface area contributed by atoms with Crippen molar-refractivity contribution >= 4 is 29.9 Å². The third kappa shape index (κ3) is 3.82. The van der Waals surface area contributed by atoms with E-state index in [1.807, 2.05) is 0 Å². The summed E-state index contributed by atoms with van der Waals surface area (Å²) in [6.07, 6.45) is 4.48. The highest BCUT2D eigenvalue weighted by atomic mass is 127. The molecule has 0 spiro atoms. The van der Waals surface area contributed by atoms with Gasteiger partial charge in [-0.15, -0.1) is 34.2 Å². The summed E-state index contributed by atoms with van der Waals surface area (Å²) in [7, 11) is 0. The highest BCUT2D eigenvalue weighted by Gasteiger charge is 2.14. The van der Waals surface area contributed by atoms with Gasteiger partial charge in [0.25, 0.3) is 0 Å². The van der Waals surface area contributed by atoms with Crippen LogP contribution in [0, 0.1) is 0 Å². The number of hydrogen-bond donors (Lipinski definition) is 2. The van der Waals surface area contributed by atoms with E-state index in [0.717, 1.165) is 37.6 Å². The molecule has 0 fully saturated rings. The molecule has 3 N–H and O–H groups in total. The lowest BCUT2D eigenvalue weighted by Crippen LogP contribution is -2.32. The van der Waals surface area contributed by atoms with Crippen LogP contribution >= 0.6 is 24.0 Å². The zero-order valence-electron chi connectivity index (χ0n) is 10.7. The van der Waals surface area contributed by atoms with E-state index in [1.165, 1.54) is 12.8 Å². The molecule has 102 valence electrons. The first-order valence-electron chi connectivity index (χ1n) is 6.26. The number of fused-ring (bicyclic) bond motifs is 1. The van der Waals surface area contributed by atoms with E-state index in [1.54, 1.807) is 0 Å². The summed E-state index contributed by atoms with van der Waals surface area (Å²) >= 11 is 0. The van der Waals surface area contributed by atoms with Gasteiger partial charge in [0, 0.05) is 19.5 Å². The Morgan fingerprint density at radius 3 is 3.06 bits per heavy atom. The van der Waals surface area contributed by atoms with E-state index in [9.17, 15) is 0 Å². The Kier molecular flexibility index (Phi) is 6.37. The maximum atomic E-state index is 5.73. The Morgan fingerprint density at radius 1 is 1.44 bits per heavy atom. The highest BCUT2D eigenvalue weighted by molar-refractivity contribution is 14.0. The fourth-order valence-electron chi connectivity index (χ4n) is 1.95. The monoisotopic (exact) mass is 364 g/mol.